The Labute approximate surface area is 192 Å². The lowest BCUT2D eigenvalue weighted by atomic mass is 9.99. The van der Waals surface area contributed by atoms with Gasteiger partial charge >= 0.3 is 0 Å². The summed E-state index contributed by atoms with van der Waals surface area (Å²) in [4.78, 5) is 32.2. The zero-order valence-corrected chi connectivity index (χ0v) is 19.0. The van der Waals surface area contributed by atoms with Crippen molar-refractivity contribution >= 4 is 17.3 Å². The first kappa shape index (κ1) is 22.9. The summed E-state index contributed by atoms with van der Waals surface area (Å²) in [6.07, 6.45) is 6.36. The summed E-state index contributed by atoms with van der Waals surface area (Å²) in [6, 6.07) is 9.92. The molecule has 2 amide bonds. The average Bonchev–Trinajstić information content (AvgIpc) is 3.13. The van der Waals surface area contributed by atoms with Crippen molar-refractivity contribution in [3.05, 3.63) is 72.1 Å². The van der Waals surface area contributed by atoms with Crippen LogP contribution in [-0.4, -0.2) is 57.9 Å². The Morgan fingerprint density at radius 2 is 2.09 bits per heavy atom. The van der Waals surface area contributed by atoms with Gasteiger partial charge < -0.3 is 19.4 Å². The molecular formula is C25H29FN4O3. The predicted molar refractivity (Wildman–Crippen MR) is 122 cm³/mol. The zero-order chi connectivity index (χ0) is 23.4. The van der Waals surface area contributed by atoms with E-state index in [1.807, 2.05) is 28.9 Å². The van der Waals surface area contributed by atoms with Crippen molar-refractivity contribution in [2.45, 2.75) is 32.2 Å². The molecule has 1 saturated heterocycles. The minimum absolute atomic E-state index is 0.00714. The molecule has 1 aliphatic rings. The van der Waals surface area contributed by atoms with E-state index < -0.39 is 11.4 Å². The highest BCUT2D eigenvalue weighted by atomic mass is 19.1. The topological polar surface area (TPSA) is 75.9 Å². The largest absolute Gasteiger partial charge is 0.379 e. The Balaban J connectivity index is 1.41. The second-order valence-corrected chi connectivity index (χ2v) is 9.05. The van der Waals surface area contributed by atoms with E-state index in [-0.39, 0.29) is 24.2 Å². The number of benzene rings is 1. The zero-order valence-electron chi connectivity index (χ0n) is 19.0. The van der Waals surface area contributed by atoms with Gasteiger partial charge in [0.15, 0.2) is 0 Å². The molecule has 0 saturated carbocycles. The van der Waals surface area contributed by atoms with E-state index in [1.165, 1.54) is 12.1 Å². The van der Waals surface area contributed by atoms with Crippen LogP contribution >= 0.6 is 0 Å². The van der Waals surface area contributed by atoms with Gasteiger partial charge in [0.1, 0.15) is 11.4 Å². The lowest BCUT2D eigenvalue weighted by Crippen LogP contribution is -2.57. The lowest BCUT2D eigenvalue weighted by Gasteiger charge is -2.33. The molecule has 0 aliphatic carbocycles. The first-order valence-corrected chi connectivity index (χ1v) is 11.1. The molecule has 7 nitrogen and oxygen atoms in total. The number of fused-ring (bicyclic) bond motifs is 1. The van der Waals surface area contributed by atoms with Crippen molar-refractivity contribution in [1.82, 2.24) is 19.6 Å². The molecular weight excluding hydrogens is 423 g/mol. The second kappa shape index (κ2) is 9.70. The molecule has 3 aromatic rings. The molecule has 0 radical (unpaired) electrons. The number of carbonyl (C=O) groups excluding carboxylic acids is 2. The molecule has 1 N–H and O–H groups in total. The summed E-state index contributed by atoms with van der Waals surface area (Å²) >= 11 is 0. The molecule has 0 unspecified atom stereocenters. The number of rotatable bonds is 6. The third-order valence-electron chi connectivity index (χ3n) is 5.88. The van der Waals surface area contributed by atoms with E-state index in [0.29, 0.717) is 38.3 Å². The molecule has 0 spiro atoms. The second-order valence-electron chi connectivity index (χ2n) is 9.05. The van der Waals surface area contributed by atoms with Crippen molar-refractivity contribution in [2.75, 3.05) is 26.3 Å². The molecule has 174 valence electrons. The highest BCUT2D eigenvalue weighted by Gasteiger charge is 2.35. The fourth-order valence-electron chi connectivity index (χ4n) is 4.32. The van der Waals surface area contributed by atoms with Crippen LogP contribution in [0.2, 0.25) is 0 Å². The van der Waals surface area contributed by atoms with E-state index >= 15 is 0 Å². The first-order chi connectivity index (χ1) is 15.8. The average molecular weight is 453 g/mol. The number of nitrogens with one attached hydrogen (secondary N) is 1. The normalized spacial score (nSPS) is 17.1. The maximum absolute atomic E-state index is 13.4. The monoisotopic (exact) mass is 452 g/mol. The van der Waals surface area contributed by atoms with E-state index in [1.54, 1.807) is 37.1 Å². The Morgan fingerprint density at radius 3 is 2.91 bits per heavy atom. The summed E-state index contributed by atoms with van der Waals surface area (Å²) in [5.41, 5.74) is 1.47. The van der Waals surface area contributed by atoms with Gasteiger partial charge in [0, 0.05) is 37.6 Å². The van der Waals surface area contributed by atoms with Crippen LogP contribution in [0.1, 0.15) is 25.1 Å². The smallest absolute Gasteiger partial charge is 0.247 e. The van der Waals surface area contributed by atoms with Crippen LogP contribution < -0.4 is 5.32 Å². The SMILES string of the molecule is CC(C)(NC(=O)Cc1cccc(F)c1)C(=O)N1CCOC[C@@H](Cc2nccn3cccc23)C1. The summed E-state index contributed by atoms with van der Waals surface area (Å²) < 4.78 is 21.2. The number of halogens is 1. The molecule has 2 aromatic heterocycles. The van der Waals surface area contributed by atoms with Crippen LogP contribution in [0.5, 0.6) is 0 Å². The van der Waals surface area contributed by atoms with Crippen molar-refractivity contribution in [3.8, 4) is 0 Å². The number of hydrogen-bond donors (Lipinski definition) is 1. The molecule has 1 fully saturated rings. The lowest BCUT2D eigenvalue weighted by molar-refractivity contribution is -0.140. The molecule has 1 atom stereocenters. The van der Waals surface area contributed by atoms with E-state index in [2.05, 4.69) is 10.3 Å². The highest BCUT2D eigenvalue weighted by Crippen LogP contribution is 2.19. The van der Waals surface area contributed by atoms with Crippen LogP contribution in [0.15, 0.2) is 55.0 Å². The molecule has 1 aliphatic heterocycles. The fourth-order valence-corrected chi connectivity index (χ4v) is 4.32. The summed E-state index contributed by atoms with van der Waals surface area (Å²) in [5, 5.41) is 2.82. The Bertz CT molecular complexity index is 1140. The minimum Gasteiger partial charge on any atom is -0.379 e. The quantitative estimate of drug-likeness (QED) is 0.624. The van der Waals surface area contributed by atoms with Crippen molar-refractivity contribution in [2.24, 2.45) is 5.92 Å². The van der Waals surface area contributed by atoms with Gasteiger partial charge in [0.05, 0.1) is 30.8 Å². The van der Waals surface area contributed by atoms with E-state index in [4.69, 9.17) is 4.74 Å². The number of aromatic nitrogens is 2. The maximum Gasteiger partial charge on any atom is 0.247 e. The molecule has 0 bridgehead atoms. The van der Waals surface area contributed by atoms with Crippen molar-refractivity contribution < 1.29 is 18.7 Å². The highest BCUT2D eigenvalue weighted by molar-refractivity contribution is 5.91. The van der Waals surface area contributed by atoms with Gasteiger partial charge in [-0.25, -0.2) is 4.39 Å². The van der Waals surface area contributed by atoms with Crippen LogP contribution in [0.4, 0.5) is 4.39 Å². The Hall–Kier alpha value is -3.26. The first-order valence-electron chi connectivity index (χ1n) is 11.1. The Morgan fingerprint density at radius 1 is 1.24 bits per heavy atom. The van der Waals surface area contributed by atoms with Crippen molar-refractivity contribution in [3.63, 3.8) is 0 Å². The van der Waals surface area contributed by atoms with Crippen molar-refractivity contribution in [1.29, 1.82) is 0 Å². The van der Waals surface area contributed by atoms with Gasteiger partial charge in [-0.15, -0.1) is 0 Å². The molecule has 3 heterocycles. The van der Waals surface area contributed by atoms with Gasteiger partial charge in [0.2, 0.25) is 11.8 Å². The Kier molecular flexibility index (Phi) is 6.74. The van der Waals surface area contributed by atoms with Crippen LogP contribution in [0.25, 0.3) is 5.52 Å². The van der Waals surface area contributed by atoms with Gasteiger partial charge in [-0.05, 0) is 50.1 Å². The summed E-state index contributed by atoms with van der Waals surface area (Å²) in [7, 11) is 0. The van der Waals surface area contributed by atoms with Crippen LogP contribution in [0.3, 0.4) is 0 Å². The summed E-state index contributed by atoms with van der Waals surface area (Å²) in [6.45, 7) is 5.36. The molecule has 33 heavy (non-hydrogen) atoms. The molecule has 4 rings (SSSR count). The number of amides is 2. The number of ether oxygens (including phenoxy) is 1. The minimum atomic E-state index is -1.10. The van der Waals surface area contributed by atoms with Gasteiger partial charge in [0.25, 0.3) is 0 Å². The third kappa shape index (κ3) is 5.57. The third-order valence-corrected chi connectivity index (χ3v) is 5.88. The standard InChI is InChI=1S/C25H29FN4O3/c1-25(2,28-23(31)15-18-5-3-6-20(26)13-18)24(32)30-11-12-33-17-19(16-30)14-21-22-7-4-9-29(22)10-8-27-21/h3-10,13,19H,11-12,14-17H2,1-2H3,(H,28,31)/t19-/m0/s1. The number of nitrogens with zero attached hydrogens (tertiary/aromatic N) is 3. The maximum atomic E-state index is 13.4. The fraction of sp³-hybridized carbons (Fsp3) is 0.400. The number of carbonyl (C=O) groups is 2. The number of hydrogen-bond acceptors (Lipinski definition) is 4. The van der Waals surface area contributed by atoms with Gasteiger partial charge in [-0.3, -0.25) is 14.6 Å². The van der Waals surface area contributed by atoms with Gasteiger partial charge in [-0.2, -0.15) is 0 Å². The molecule has 1 aromatic carbocycles. The van der Waals surface area contributed by atoms with E-state index in [9.17, 15) is 14.0 Å². The van der Waals surface area contributed by atoms with Crippen LogP contribution in [0, 0.1) is 11.7 Å². The van der Waals surface area contributed by atoms with Crippen LogP contribution in [-0.2, 0) is 27.2 Å². The van der Waals surface area contributed by atoms with Gasteiger partial charge in [-0.1, -0.05) is 12.1 Å². The van der Waals surface area contributed by atoms with E-state index in [0.717, 1.165) is 11.2 Å². The summed E-state index contributed by atoms with van der Waals surface area (Å²) in [5.74, 6) is -0.800. The predicted octanol–water partition coefficient (Wildman–Crippen LogP) is 2.63. The molecule has 8 heteroatoms.